The van der Waals surface area contributed by atoms with Crippen molar-refractivity contribution in [3.8, 4) is 0 Å². The van der Waals surface area contributed by atoms with Gasteiger partial charge < -0.3 is 22.3 Å². The molecular formula is C13H14ClN4O3S-. The van der Waals surface area contributed by atoms with Crippen LogP contribution in [0.5, 0.6) is 0 Å². The van der Waals surface area contributed by atoms with Gasteiger partial charge in [0.05, 0.1) is 4.92 Å². The number of carbonyl (C=O) groups is 1. The predicted molar refractivity (Wildman–Crippen MR) is 79.4 cm³/mol. The number of nitro benzene ring substituents is 1. The summed E-state index contributed by atoms with van der Waals surface area (Å²) in [6.45, 7) is 3.55. The standard InChI is InChI=1S/C13H14N4O3S.ClH/c1-8-5-10(11(17(19)20)6-9(8)2)15-12(18)7-16-3-4-21-13(16)14;/h3-6,14H,7H2,1-2H3,(H,15,18);1H/p-1. The van der Waals surface area contributed by atoms with Crippen LogP contribution < -0.4 is 22.5 Å². The molecule has 0 saturated carbocycles. The number of thiazole rings is 1. The van der Waals surface area contributed by atoms with Gasteiger partial charge in [-0.05, 0) is 31.0 Å². The lowest BCUT2D eigenvalue weighted by atomic mass is 10.1. The van der Waals surface area contributed by atoms with E-state index < -0.39 is 10.8 Å². The number of nitro groups is 1. The molecule has 0 unspecified atom stereocenters. The molecule has 1 aromatic heterocycles. The zero-order chi connectivity index (χ0) is 15.6. The van der Waals surface area contributed by atoms with Crippen molar-refractivity contribution >= 4 is 28.6 Å². The molecule has 1 heterocycles. The number of halogens is 1. The zero-order valence-electron chi connectivity index (χ0n) is 11.9. The molecule has 118 valence electrons. The van der Waals surface area contributed by atoms with Crippen LogP contribution in [0.25, 0.3) is 0 Å². The highest BCUT2D eigenvalue weighted by atomic mass is 35.5. The molecule has 0 saturated heterocycles. The molecule has 0 fully saturated rings. The fraction of sp³-hybridized carbons (Fsp3) is 0.231. The summed E-state index contributed by atoms with van der Waals surface area (Å²) in [5.41, 5.74) is 1.70. The second-order valence-corrected chi connectivity index (χ2v) is 5.49. The van der Waals surface area contributed by atoms with Crippen molar-refractivity contribution in [3.05, 3.63) is 49.8 Å². The quantitative estimate of drug-likeness (QED) is 0.562. The van der Waals surface area contributed by atoms with Gasteiger partial charge in [-0.3, -0.25) is 20.3 Å². The molecule has 9 heteroatoms. The van der Waals surface area contributed by atoms with E-state index in [1.807, 2.05) is 6.92 Å². The highest BCUT2D eigenvalue weighted by molar-refractivity contribution is 7.06. The molecule has 2 aromatic rings. The van der Waals surface area contributed by atoms with E-state index in [1.165, 1.54) is 22.0 Å². The molecule has 22 heavy (non-hydrogen) atoms. The Morgan fingerprint density at radius 2 is 2.05 bits per heavy atom. The van der Waals surface area contributed by atoms with Crippen molar-refractivity contribution < 1.29 is 22.1 Å². The van der Waals surface area contributed by atoms with Crippen LogP contribution in [0, 0.1) is 29.4 Å². The summed E-state index contributed by atoms with van der Waals surface area (Å²) in [7, 11) is 0. The van der Waals surface area contributed by atoms with Gasteiger partial charge in [0.1, 0.15) is 12.2 Å². The number of aromatic nitrogens is 1. The van der Waals surface area contributed by atoms with E-state index in [-0.39, 0.29) is 35.1 Å². The Labute approximate surface area is 136 Å². The van der Waals surface area contributed by atoms with Gasteiger partial charge in [-0.2, -0.15) is 0 Å². The van der Waals surface area contributed by atoms with Crippen molar-refractivity contribution in [2.24, 2.45) is 0 Å². The summed E-state index contributed by atoms with van der Waals surface area (Å²) < 4.78 is 1.47. The first-order valence-electron chi connectivity index (χ1n) is 6.12. The molecule has 0 aliphatic rings. The van der Waals surface area contributed by atoms with Gasteiger partial charge in [0.15, 0.2) is 4.80 Å². The topological polar surface area (TPSA) is 101 Å². The molecule has 2 N–H and O–H groups in total. The Bertz CT molecular complexity index is 769. The van der Waals surface area contributed by atoms with Crippen LogP contribution in [0.15, 0.2) is 23.7 Å². The van der Waals surface area contributed by atoms with Crippen molar-refractivity contribution in [1.82, 2.24) is 4.57 Å². The summed E-state index contributed by atoms with van der Waals surface area (Å²) in [5, 5.41) is 22.9. The smallest absolute Gasteiger partial charge is 0.293 e. The Morgan fingerprint density at radius 3 is 2.59 bits per heavy atom. The first kappa shape index (κ1) is 17.9. The number of nitrogens with one attached hydrogen (secondary N) is 2. The third-order valence-corrected chi connectivity index (χ3v) is 3.79. The minimum absolute atomic E-state index is 0. The predicted octanol–water partition coefficient (Wildman–Crippen LogP) is -0.803. The number of benzene rings is 1. The van der Waals surface area contributed by atoms with Gasteiger partial charge in [-0.25, -0.2) is 0 Å². The normalized spacial score (nSPS) is 9.91. The molecule has 0 spiro atoms. The second kappa shape index (κ2) is 7.19. The Kier molecular flexibility index (Phi) is 5.84. The number of carbonyl (C=O) groups excluding carboxylic acids is 1. The van der Waals surface area contributed by atoms with Crippen LogP contribution in [0.2, 0.25) is 0 Å². The van der Waals surface area contributed by atoms with Gasteiger partial charge in [0, 0.05) is 17.6 Å². The number of rotatable bonds is 4. The first-order chi connectivity index (χ1) is 9.88. The van der Waals surface area contributed by atoms with Crippen molar-refractivity contribution in [1.29, 1.82) is 5.41 Å². The maximum Gasteiger partial charge on any atom is 0.293 e. The Balaban J connectivity index is 0.00000242. The molecule has 0 atom stereocenters. The SMILES string of the molecule is Cc1cc(NC(=O)Cn2ccsc2=N)c([N+](=O)[O-])cc1C.[Cl-]. The maximum absolute atomic E-state index is 12.0. The number of nitrogens with zero attached hydrogens (tertiary/aromatic N) is 2. The lowest BCUT2D eigenvalue weighted by Crippen LogP contribution is -3.00. The van der Waals surface area contributed by atoms with E-state index in [0.29, 0.717) is 0 Å². The lowest BCUT2D eigenvalue weighted by Gasteiger charge is -2.09. The van der Waals surface area contributed by atoms with Crippen molar-refractivity contribution in [2.75, 3.05) is 5.32 Å². The number of amides is 1. The summed E-state index contributed by atoms with van der Waals surface area (Å²) in [6.07, 6.45) is 1.63. The number of aryl methyl sites for hydroxylation is 2. The number of hydrogen-bond acceptors (Lipinski definition) is 5. The lowest BCUT2D eigenvalue weighted by molar-refractivity contribution is -0.384. The van der Waals surface area contributed by atoms with Crippen LogP contribution in [0.4, 0.5) is 11.4 Å². The minimum atomic E-state index is -0.518. The molecule has 7 nitrogen and oxygen atoms in total. The molecule has 0 radical (unpaired) electrons. The molecule has 1 amide bonds. The van der Waals surface area contributed by atoms with Gasteiger partial charge in [-0.1, -0.05) is 0 Å². The molecule has 1 aromatic carbocycles. The second-order valence-electron chi connectivity index (χ2n) is 4.59. The van der Waals surface area contributed by atoms with E-state index in [4.69, 9.17) is 5.41 Å². The molecule has 0 bridgehead atoms. The third kappa shape index (κ3) is 3.92. The van der Waals surface area contributed by atoms with E-state index in [0.717, 1.165) is 11.1 Å². The zero-order valence-corrected chi connectivity index (χ0v) is 13.5. The summed E-state index contributed by atoms with van der Waals surface area (Å²) in [4.78, 5) is 22.8. The van der Waals surface area contributed by atoms with Crippen molar-refractivity contribution in [2.45, 2.75) is 20.4 Å². The van der Waals surface area contributed by atoms with Crippen LogP contribution in [-0.2, 0) is 11.3 Å². The van der Waals surface area contributed by atoms with Gasteiger partial charge in [-0.15, -0.1) is 11.3 Å². The molecular weight excluding hydrogens is 328 g/mol. The Morgan fingerprint density at radius 1 is 1.41 bits per heavy atom. The van der Waals surface area contributed by atoms with E-state index in [2.05, 4.69) is 5.32 Å². The molecule has 0 aliphatic carbocycles. The highest BCUT2D eigenvalue weighted by Gasteiger charge is 2.17. The fourth-order valence-electron chi connectivity index (χ4n) is 1.82. The summed E-state index contributed by atoms with van der Waals surface area (Å²) in [5.74, 6) is -0.404. The van der Waals surface area contributed by atoms with Crippen LogP contribution >= 0.6 is 11.3 Å². The maximum atomic E-state index is 12.0. The highest BCUT2D eigenvalue weighted by Crippen LogP contribution is 2.27. The van der Waals surface area contributed by atoms with Crippen molar-refractivity contribution in [3.63, 3.8) is 0 Å². The largest absolute Gasteiger partial charge is 1.00 e. The monoisotopic (exact) mass is 341 g/mol. The third-order valence-electron chi connectivity index (χ3n) is 3.08. The molecule has 2 rings (SSSR count). The summed E-state index contributed by atoms with van der Waals surface area (Å²) in [6, 6.07) is 3.03. The van der Waals surface area contributed by atoms with E-state index in [1.54, 1.807) is 24.6 Å². The van der Waals surface area contributed by atoms with Crippen LogP contribution in [0.1, 0.15) is 11.1 Å². The number of anilines is 1. The van der Waals surface area contributed by atoms with Gasteiger partial charge >= 0.3 is 0 Å². The van der Waals surface area contributed by atoms with Gasteiger partial charge in [0.2, 0.25) is 5.91 Å². The Hall–Kier alpha value is -2.19. The average molecular weight is 342 g/mol. The summed E-state index contributed by atoms with van der Waals surface area (Å²) >= 11 is 1.21. The minimum Gasteiger partial charge on any atom is -1.00 e. The van der Waals surface area contributed by atoms with E-state index in [9.17, 15) is 14.9 Å². The fourth-order valence-corrected chi connectivity index (χ4v) is 2.42. The van der Waals surface area contributed by atoms with Gasteiger partial charge in [0.25, 0.3) is 5.69 Å². The first-order valence-corrected chi connectivity index (χ1v) is 7.00. The number of hydrogen-bond donors (Lipinski definition) is 2. The van der Waals surface area contributed by atoms with Crippen LogP contribution in [-0.4, -0.2) is 15.4 Å². The average Bonchev–Trinajstić information content (AvgIpc) is 2.78. The van der Waals surface area contributed by atoms with Crippen LogP contribution in [0.3, 0.4) is 0 Å². The van der Waals surface area contributed by atoms with E-state index >= 15 is 0 Å². The molecule has 0 aliphatic heterocycles.